The first-order chi connectivity index (χ1) is 16.2. The van der Waals surface area contributed by atoms with Gasteiger partial charge in [-0.2, -0.15) is 0 Å². The zero-order valence-corrected chi connectivity index (χ0v) is 22.9. The van der Waals surface area contributed by atoms with Crippen molar-refractivity contribution in [1.82, 2.24) is 0 Å². The minimum Gasteiger partial charge on any atom is -0.368 e. The summed E-state index contributed by atoms with van der Waals surface area (Å²) in [5.74, 6) is -0.980. The van der Waals surface area contributed by atoms with Crippen LogP contribution in [0, 0.1) is 39.4 Å². The van der Waals surface area contributed by atoms with Crippen LogP contribution < -0.4 is 0 Å². The Balaban J connectivity index is 1.62. The smallest absolute Gasteiger partial charge is 0.264 e. The Morgan fingerprint density at radius 1 is 0.886 bits per heavy atom. The number of carbonyl (C=O) groups excluding carboxylic acids is 2. The van der Waals surface area contributed by atoms with Gasteiger partial charge >= 0.3 is 0 Å². The summed E-state index contributed by atoms with van der Waals surface area (Å²) < 4.78 is 11.3. The zero-order valence-electron chi connectivity index (χ0n) is 22.9. The predicted molar refractivity (Wildman–Crippen MR) is 134 cm³/mol. The van der Waals surface area contributed by atoms with Crippen LogP contribution in [0.1, 0.15) is 86.5 Å². The van der Waals surface area contributed by atoms with Gasteiger partial charge in [-0.25, -0.2) is 0 Å². The molecule has 0 saturated heterocycles. The van der Waals surface area contributed by atoms with Crippen LogP contribution in [0.3, 0.4) is 0 Å². The highest BCUT2D eigenvalue weighted by atomic mass is 16.7. The summed E-state index contributed by atoms with van der Waals surface area (Å²) in [6.45, 7) is 13.6. The third-order valence-electron chi connectivity index (χ3n) is 12.5. The molecule has 9 atom stereocenters. The monoisotopic (exact) mass is 484 g/mol. The van der Waals surface area contributed by atoms with E-state index in [-0.39, 0.29) is 27.6 Å². The molecule has 3 saturated carbocycles. The Morgan fingerprint density at radius 3 is 2.14 bits per heavy atom. The van der Waals surface area contributed by atoms with Crippen molar-refractivity contribution in [3.05, 3.63) is 23.3 Å². The predicted octanol–water partition coefficient (Wildman–Crippen LogP) is 5.41. The molecule has 5 rings (SSSR count). The van der Waals surface area contributed by atoms with Gasteiger partial charge in [0.2, 0.25) is 5.78 Å². The van der Waals surface area contributed by atoms with Crippen LogP contribution in [0.5, 0.6) is 0 Å². The summed E-state index contributed by atoms with van der Waals surface area (Å²) >= 11 is 0. The molecule has 0 bridgehead atoms. The second-order valence-corrected chi connectivity index (χ2v) is 13.7. The van der Waals surface area contributed by atoms with E-state index in [0.29, 0.717) is 17.6 Å². The van der Waals surface area contributed by atoms with Crippen LogP contribution in [-0.2, 0) is 19.1 Å². The molecule has 0 aromatic carbocycles. The van der Waals surface area contributed by atoms with Gasteiger partial charge in [-0.15, -0.1) is 0 Å². The van der Waals surface area contributed by atoms with Crippen molar-refractivity contribution in [3.8, 4) is 0 Å². The normalized spacial score (nSPS) is 53.6. The van der Waals surface area contributed by atoms with Crippen molar-refractivity contribution in [2.75, 3.05) is 14.2 Å². The third kappa shape index (κ3) is 2.81. The number of ketones is 2. The van der Waals surface area contributed by atoms with Gasteiger partial charge in [0.15, 0.2) is 5.60 Å². The number of carbonyl (C=O) groups is 2. The molecule has 1 N–H and O–H groups in total. The van der Waals surface area contributed by atoms with Crippen molar-refractivity contribution in [2.45, 2.75) is 97.9 Å². The number of fused-ring (bicyclic) bond motifs is 7. The fraction of sp³-hybridized carbons (Fsp3) is 0.800. The van der Waals surface area contributed by atoms with E-state index in [2.05, 4.69) is 40.7 Å². The first-order valence-corrected chi connectivity index (χ1v) is 13.5. The van der Waals surface area contributed by atoms with Gasteiger partial charge in [-0.05, 0) is 96.2 Å². The highest BCUT2D eigenvalue weighted by Crippen LogP contribution is 2.75. The Bertz CT molecular complexity index is 1040. The number of allylic oxidation sites excluding steroid dienone is 1. The average molecular weight is 485 g/mol. The summed E-state index contributed by atoms with van der Waals surface area (Å²) in [5, 5.41) is 11.3. The van der Waals surface area contributed by atoms with Crippen LogP contribution in [0.25, 0.3) is 0 Å². The second-order valence-electron chi connectivity index (χ2n) is 13.7. The number of rotatable bonds is 2. The zero-order chi connectivity index (χ0) is 25.8. The summed E-state index contributed by atoms with van der Waals surface area (Å²) in [6.07, 6.45) is 10.7. The third-order valence-corrected chi connectivity index (χ3v) is 12.5. The van der Waals surface area contributed by atoms with Gasteiger partial charge < -0.3 is 14.6 Å². The van der Waals surface area contributed by atoms with Crippen molar-refractivity contribution < 1.29 is 24.2 Å². The second kappa shape index (κ2) is 7.39. The summed E-state index contributed by atoms with van der Waals surface area (Å²) in [6, 6.07) is 0. The molecule has 0 aromatic heterocycles. The summed E-state index contributed by atoms with van der Waals surface area (Å²) in [5.41, 5.74) is 0.789. The molecule has 0 heterocycles. The first kappa shape index (κ1) is 25.4. The van der Waals surface area contributed by atoms with Gasteiger partial charge in [0.1, 0.15) is 5.78 Å². The fourth-order valence-corrected chi connectivity index (χ4v) is 9.79. The molecular weight excluding hydrogens is 440 g/mol. The topological polar surface area (TPSA) is 72.8 Å². The van der Waals surface area contributed by atoms with E-state index >= 15 is 0 Å². The molecule has 0 aromatic rings. The number of aliphatic hydroxyl groups is 1. The van der Waals surface area contributed by atoms with E-state index in [0.717, 1.165) is 56.1 Å². The highest BCUT2D eigenvalue weighted by Gasteiger charge is 2.70. The van der Waals surface area contributed by atoms with Crippen LogP contribution in [0.2, 0.25) is 0 Å². The molecule has 5 heteroatoms. The van der Waals surface area contributed by atoms with Crippen LogP contribution >= 0.6 is 0 Å². The number of ether oxygens (including phenoxy) is 2. The molecule has 5 nitrogen and oxygen atoms in total. The van der Waals surface area contributed by atoms with Crippen LogP contribution in [-0.4, -0.2) is 42.3 Å². The van der Waals surface area contributed by atoms with Gasteiger partial charge in [0.25, 0.3) is 5.79 Å². The Hall–Kier alpha value is -1.30. The van der Waals surface area contributed by atoms with Crippen molar-refractivity contribution >= 4 is 11.6 Å². The molecule has 0 amide bonds. The highest BCUT2D eigenvalue weighted by molar-refractivity contribution is 6.01. The van der Waals surface area contributed by atoms with Gasteiger partial charge in [-0.1, -0.05) is 40.7 Å². The SMILES string of the molecule is CO[C@@]1(C)C2=CC[C@H]3[C@@](C)(CC[C@@]4(C)[C@@H]5C[C@@H](C)C(=O)C[C@]5(C)CC[C@]34C)C2=CC(=O)[C@@]1(O)OC. The number of hydrogen-bond donors (Lipinski definition) is 1. The van der Waals surface area contributed by atoms with E-state index in [1.807, 2.05) is 0 Å². The molecule has 5 aliphatic carbocycles. The molecule has 194 valence electrons. The lowest BCUT2D eigenvalue weighted by molar-refractivity contribution is -0.261. The molecule has 0 spiro atoms. The van der Waals surface area contributed by atoms with Crippen molar-refractivity contribution in [3.63, 3.8) is 0 Å². The molecule has 3 fully saturated rings. The lowest BCUT2D eigenvalue weighted by Crippen LogP contribution is -2.67. The van der Waals surface area contributed by atoms with E-state index < -0.39 is 17.2 Å². The molecular formula is C30H44O5. The molecule has 0 radical (unpaired) electrons. The number of Topliss-reactive ketones (excluding diaryl/α,β-unsaturated/α-hetero) is 1. The molecule has 5 aliphatic rings. The Kier molecular flexibility index (Phi) is 5.35. The molecule has 0 aliphatic heterocycles. The standard InChI is InChI=1S/C30H44O5/c1-18-15-23-25(2,17-21(18)31)11-13-27(4)22-10-9-19-20(26(22,3)12-14-28(23,27)5)16-24(32)30(33,35-8)29(19,6)34-7/h9,16,18,22-23,33H,10-15,17H2,1-8H3/t18-,22+,23-,25+,26+,27-,28+,29+,30-/m1/s1. The maximum absolute atomic E-state index is 13.3. The minimum absolute atomic E-state index is 0.0882. The Morgan fingerprint density at radius 2 is 1.51 bits per heavy atom. The maximum atomic E-state index is 13.3. The van der Waals surface area contributed by atoms with Gasteiger partial charge in [0, 0.05) is 26.6 Å². The number of hydrogen-bond acceptors (Lipinski definition) is 5. The van der Waals surface area contributed by atoms with E-state index in [1.165, 1.54) is 7.11 Å². The van der Waals surface area contributed by atoms with E-state index in [4.69, 9.17) is 9.47 Å². The molecule has 0 unspecified atom stereocenters. The maximum Gasteiger partial charge on any atom is 0.264 e. The van der Waals surface area contributed by atoms with Crippen molar-refractivity contribution in [1.29, 1.82) is 0 Å². The lowest BCUT2D eigenvalue weighted by Gasteiger charge is -2.71. The van der Waals surface area contributed by atoms with Gasteiger partial charge in [0.05, 0.1) is 0 Å². The van der Waals surface area contributed by atoms with E-state index in [1.54, 1.807) is 20.1 Å². The fourth-order valence-electron chi connectivity index (χ4n) is 9.79. The lowest BCUT2D eigenvalue weighted by atomic mass is 9.33. The summed E-state index contributed by atoms with van der Waals surface area (Å²) in [7, 11) is 2.91. The van der Waals surface area contributed by atoms with Crippen LogP contribution in [0.15, 0.2) is 23.3 Å². The number of methoxy groups -OCH3 is 2. The average Bonchev–Trinajstić information content (AvgIpc) is 2.81. The van der Waals surface area contributed by atoms with Crippen LogP contribution in [0.4, 0.5) is 0 Å². The van der Waals surface area contributed by atoms with Gasteiger partial charge in [-0.3, -0.25) is 9.59 Å². The summed E-state index contributed by atoms with van der Waals surface area (Å²) in [4.78, 5) is 26.1. The molecule has 35 heavy (non-hydrogen) atoms. The quantitative estimate of drug-likeness (QED) is 0.531. The Labute approximate surface area is 210 Å². The van der Waals surface area contributed by atoms with E-state index in [9.17, 15) is 14.7 Å². The minimum atomic E-state index is -2.04. The first-order valence-electron chi connectivity index (χ1n) is 13.5. The van der Waals surface area contributed by atoms with Crippen molar-refractivity contribution in [2.24, 2.45) is 39.4 Å². The largest absolute Gasteiger partial charge is 0.368 e.